The summed E-state index contributed by atoms with van der Waals surface area (Å²) >= 11 is 2.01. The van der Waals surface area contributed by atoms with Crippen LogP contribution < -0.4 is 5.32 Å². The molecule has 17 heavy (non-hydrogen) atoms. The van der Waals surface area contributed by atoms with Gasteiger partial charge in [-0.15, -0.1) is 0 Å². The standard InChI is InChI=1S/C13H25N3S/c1-4-6-8-14-13-15-9-10-16(13)12(3)7-11-17-5-2/h9-10,12H,4-8,11H2,1-3H3,(H,14,15). The minimum atomic E-state index is 0.528. The average Bonchev–Trinajstić information content (AvgIpc) is 2.78. The number of unbranched alkanes of at least 4 members (excludes halogenated alkanes) is 1. The lowest BCUT2D eigenvalue weighted by Crippen LogP contribution is -2.12. The Hall–Kier alpha value is -0.640. The van der Waals surface area contributed by atoms with Crippen LogP contribution in [0.25, 0.3) is 0 Å². The predicted molar refractivity (Wildman–Crippen MR) is 78.0 cm³/mol. The maximum absolute atomic E-state index is 4.38. The highest BCUT2D eigenvalue weighted by molar-refractivity contribution is 7.99. The van der Waals surface area contributed by atoms with Gasteiger partial charge in [-0.3, -0.25) is 0 Å². The lowest BCUT2D eigenvalue weighted by molar-refractivity contribution is 0.538. The smallest absolute Gasteiger partial charge is 0.203 e. The van der Waals surface area contributed by atoms with Crippen LogP contribution in [0.15, 0.2) is 12.4 Å². The fourth-order valence-corrected chi connectivity index (χ4v) is 2.52. The van der Waals surface area contributed by atoms with Crippen LogP contribution in [0.5, 0.6) is 0 Å². The van der Waals surface area contributed by atoms with Gasteiger partial charge >= 0.3 is 0 Å². The summed E-state index contributed by atoms with van der Waals surface area (Å²) in [6.07, 6.45) is 7.59. The van der Waals surface area contributed by atoms with Crippen molar-refractivity contribution >= 4 is 17.7 Å². The summed E-state index contributed by atoms with van der Waals surface area (Å²) in [7, 11) is 0. The third-order valence-corrected chi connectivity index (χ3v) is 3.77. The van der Waals surface area contributed by atoms with E-state index in [0.29, 0.717) is 6.04 Å². The molecule has 0 spiro atoms. The highest BCUT2D eigenvalue weighted by atomic mass is 32.2. The summed E-state index contributed by atoms with van der Waals surface area (Å²) in [5.74, 6) is 3.45. The summed E-state index contributed by atoms with van der Waals surface area (Å²) in [5, 5.41) is 3.41. The number of imidazole rings is 1. The monoisotopic (exact) mass is 255 g/mol. The number of thioether (sulfide) groups is 1. The zero-order valence-electron chi connectivity index (χ0n) is 11.3. The minimum absolute atomic E-state index is 0.528. The van der Waals surface area contributed by atoms with Crippen molar-refractivity contribution in [1.82, 2.24) is 9.55 Å². The minimum Gasteiger partial charge on any atom is -0.356 e. The number of nitrogens with zero attached hydrogens (tertiary/aromatic N) is 2. The third kappa shape index (κ3) is 5.02. The molecule has 0 aliphatic rings. The van der Waals surface area contributed by atoms with E-state index in [1.165, 1.54) is 30.8 Å². The van der Waals surface area contributed by atoms with Crippen LogP contribution in [0.2, 0.25) is 0 Å². The van der Waals surface area contributed by atoms with E-state index in [-0.39, 0.29) is 0 Å². The van der Waals surface area contributed by atoms with Gasteiger partial charge in [0.1, 0.15) is 0 Å². The fraction of sp³-hybridized carbons (Fsp3) is 0.769. The molecule has 0 fully saturated rings. The molecule has 1 unspecified atom stereocenters. The van der Waals surface area contributed by atoms with E-state index < -0.39 is 0 Å². The van der Waals surface area contributed by atoms with E-state index in [0.717, 1.165) is 12.5 Å². The summed E-state index contributed by atoms with van der Waals surface area (Å²) in [5.41, 5.74) is 0. The van der Waals surface area contributed by atoms with Gasteiger partial charge in [0.05, 0.1) is 0 Å². The van der Waals surface area contributed by atoms with Gasteiger partial charge in [0.25, 0.3) is 0 Å². The molecule has 0 radical (unpaired) electrons. The van der Waals surface area contributed by atoms with Crippen molar-refractivity contribution in [2.75, 3.05) is 23.4 Å². The number of hydrogen-bond acceptors (Lipinski definition) is 3. The van der Waals surface area contributed by atoms with E-state index in [2.05, 4.69) is 41.8 Å². The molecule has 0 aliphatic heterocycles. The lowest BCUT2D eigenvalue weighted by Gasteiger charge is -2.16. The van der Waals surface area contributed by atoms with Crippen LogP contribution in [0.1, 0.15) is 46.1 Å². The quantitative estimate of drug-likeness (QED) is 0.681. The van der Waals surface area contributed by atoms with Gasteiger partial charge in [0.2, 0.25) is 5.95 Å². The molecule has 0 amide bonds. The van der Waals surface area contributed by atoms with Crippen LogP contribution >= 0.6 is 11.8 Å². The zero-order valence-corrected chi connectivity index (χ0v) is 12.1. The molecular weight excluding hydrogens is 230 g/mol. The van der Waals surface area contributed by atoms with Crippen molar-refractivity contribution in [2.45, 2.75) is 46.1 Å². The number of hydrogen-bond donors (Lipinski definition) is 1. The molecule has 0 bridgehead atoms. The summed E-state index contributed by atoms with van der Waals surface area (Å²) in [6.45, 7) is 7.70. The summed E-state index contributed by atoms with van der Waals surface area (Å²) in [6, 6.07) is 0.528. The Labute approximate surface area is 109 Å². The van der Waals surface area contributed by atoms with Crippen LogP contribution in [0.3, 0.4) is 0 Å². The van der Waals surface area contributed by atoms with E-state index >= 15 is 0 Å². The van der Waals surface area contributed by atoms with Crippen LogP contribution in [-0.4, -0.2) is 27.6 Å². The van der Waals surface area contributed by atoms with Crippen molar-refractivity contribution < 1.29 is 0 Å². The summed E-state index contributed by atoms with van der Waals surface area (Å²) in [4.78, 5) is 4.38. The molecule has 1 aromatic rings. The molecule has 1 aromatic heterocycles. The lowest BCUT2D eigenvalue weighted by atomic mass is 10.2. The maximum atomic E-state index is 4.38. The van der Waals surface area contributed by atoms with Gasteiger partial charge in [0, 0.05) is 25.0 Å². The molecule has 0 aliphatic carbocycles. The molecule has 98 valence electrons. The van der Waals surface area contributed by atoms with E-state index in [4.69, 9.17) is 0 Å². The molecule has 1 heterocycles. The predicted octanol–water partition coefficient (Wildman–Crippen LogP) is 3.80. The first-order chi connectivity index (χ1) is 8.29. The van der Waals surface area contributed by atoms with Gasteiger partial charge < -0.3 is 9.88 Å². The number of nitrogens with one attached hydrogen (secondary N) is 1. The normalized spacial score (nSPS) is 12.6. The number of aromatic nitrogens is 2. The van der Waals surface area contributed by atoms with Gasteiger partial charge in [0.15, 0.2) is 0 Å². The summed E-state index contributed by atoms with van der Waals surface area (Å²) < 4.78 is 2.26. The highest BCUT2D eigenvalue weighted by Crippen LogP contribution is 2.19. The van der Waals surface area contributed by atoms with Crippen molar-refractivity contribution in [3.05, 3.63) is 12.4 Å². The second-order valence-electron chi connectivity index (χ2n) is 4.27. The first-order valence-electron chi connectivity index (χ1n) is 6.64. The fourth-order valence-electron chi connectivity index (χ4n) is 1.72. The molecule has 0 aromatic carbocycles. The Morgan fingerprint density at radius 2 is 2.29 bits per heavy atom. The van der Waals surface area contributed by atoms with Crippen molar-refractivity contribution in [2.24, 2.45) is 0 Å². The average molecular weight is 255 g/mol. The Morgan fingerprint density at radius 1 is 1.47 bits per heavy atom. The van der Waals surface area contributed by atoms with E-state index in [1.54, 1.807) is 0 Å². The van der Waals surface area contributed by atoms with E-state index in [9.17, 15) is 0 Å². The molecule has 1 rings (SSSR count). The van der Waals surface area contributed by atoms with Gasteiger partial charge in [-0.25, -0.2) is 4.98 Å². The molecule has 1 N–H and O–H groups in total. The Morgan fingerprint density at radius 3 is 3.00 bits per heavy atom. The van der Waals surface area contributed by atoms with E-state index in [1.807, 2.05) is 18.0 Å². The first-order valence-corrected chi connectivity index (χ1v) is 7.79. The maximum Gasteiger partial charge on any atom is 0.203 e. The van der Waals surface area contributed by atoms with Gasteiger partial charge in [-0.1, -0.05) is 20.3 Å². The molecular formula is C13H25N3S. The molecule has 1 atom stereocenters. The second kappa shape index (κ2) is 8.45. The van der Waals surface area contributed by atoms with Crippen molar-refractivity contribution in [3.63, 3.8) is 0 Å². The molecule has 0 saturated carbocycles. The highest BCUT2D eigenvalue weighted by Gasteiger charge is 2.08. The Kier molecular flexibility index (Phi) is 7.17. The first kappa shape index (κ1) is 14.4. The Bertz CT molecular complexity index is 299. The second-order valence-corrected chi connectivity index (χ2v) is 5.67. The van der Waals surface area contributed by atoms with Gasteiger partial charge in [-0.05, 0) is 31.3 Å². The molecule has 4 heteroatoms. The topological polar surface area (TPSA) is 29.9 Å². The van der Waals surface area contributed by atoms with Crippen LogP contribution in [0.4, 0.5) is 5.95 Å². The number of anilines is 1. The largest absolute Gasteiger partial charge is 0.356 e. The Balaban J connectivity index is 2.43. The third-order valence-electron chi connectivity index (χ3n) is 2.84. The van der Waals surface area contributed by atoms with Crippen LogP contribution in [-0.2, 0) is 0 Å². The number of rotatable bonds is 9. The van der Waals surface area contributed by atoms with Gasteiger partial charge in [-0.2, -0.15) is 11.8 Å². The zero-order chi connectivity index (χ0) is 12.5. The van der Waals surface area contributed by atoms with Crippen molar-refractivity contribution in [3.8, 4) is 0 Å². The molecule has 3 nitrogen and oxygen atoms in total. The van der Waals surface area contributed by atoms with Crippen molar-refractivity contribution in [1.29, 1.82) is 0 Å². The SMILES string of the molecule is CCCCNc1nccn1C(C)CCSCC. The molecule has 0 saturated heterocycles. The van der Waals surface area contributed by atoms with Crippen LogP contribution in [0, 0.1) is 0 Å².